The first kappa shape index (κ1) is 37.6. The molecule has 262 valence electrons. The molecule has 4 rings (SSSR count). The lowest BCUT2D eigenvalue weighted by atomic mass is 9.76. The number of fused-ring (bicyclic) bond motifs is 1. The molecule has 2 amide bonds. The van der Waals surface area contributed by atoms with Crippen LogP contribution in [0.5, 0.6) is 5.75 Å². The first-order valence-electron chi connectivity index (χ1n) is 17.0. The smallest absolute Gasteiger partial charge is 0.257 e. The van der Waals surface area contributed by atoms with Crippen molar-refractivity contribution in [1.29, 1.82) is 0 Å². The number of halogens is 1. The molecule has 10 heteroatoms. The minimum absolute atomic E-state index is 0.0582. The topological polar surface area (TPSA) is 115 Å². The van der Waals surface area contributed by atoms with Crippen molar-refractivity contribution >= 4 is 51.6 Å². The van der Waals surface area contributed by atoms with Gasteiger partial charge < -0.3 is 15.4 Å². The molecule has 0 aliphatic rings. The third kappa shape index (κ3) is 8.87. The van der Waals surface area contributed by atoms with Crippen LogP contribution in [-0.2, 0) is 25.2 Å². The van der Waals surface area contributed by atoms with Crippen molar-refractivity contribution in [2.24, 2.45) is 5.41 Å². The highest BCUT2D eigenvalue weighted by atomic mass is 35.5. The molecular formula is C39H50ClN5O4. The van der Waals surface area contributed by atoms with Crippen molar-refractivity contribution in [1.82, 2.24) is 15.0 Å². The molecule has 0 bridgehead atoms. The fourth-order valence-electron chi connectivity index (χ4n) is 5.37. The van der Waals surface area contributed by atoms with Crippen LogP contribution in [0, 0.1) is 5.41 Å². The highest BCUT2D eigenvalue weighted by molar-refractivity contribution is 6.34. The average Bonchev–Trinajstić information content (AvgIpc) is 3.48. The summed E-state index contributed by atoms with van der Waals surface area (Å²) in [4.78, 5) is 40.2. The molecule has 1 aromatic heterocycles. The van der Waals surface area contributed by atoms with Gasteiger partial charge in [-0.1, -0.05) is 103 Å². The lowest BCUT2D eigenvalue weighted by molar-refractivity contribution is -0.135. The molecule has 0 saturated carbocycles. The Labute approximate surface area is 295 Å². The zero-order valence-corrected chi connectivity index (χ0v) is 31.0. The number of carbonyl (C=O) groups excluding carboxylic acids is 3. The number of hydrogen-bond donors (Lipinski definition) is 2. The summed E-state index contributed by atoms with van der Waals surface area (Å²) in [5.41, 5.74) is 3.46. The van der Waals surface area contributed by atoms with Crippen LogP contribution < -0.4 is 15.4 Å². The molecule has 9 nitrogen and oxygen atoms in total. The number of ketones is 1. The van der Waals surface area contributed by atoms with Gasteiger partial charge in [0.25, 0.3) is 5.91 Å². The van der Waals surface area contributed by atoms with E-state index in [2.05, 4.69) is 80.7 Å². The van der Waals surface area contributed by atoms with E-state index in [0.717, 1.165) is 18.6 Å². The minimum Gasteiger partial charge on any atom is -0.493 e. The molecule has 1 atom stereocenters. The van der Waals surface area contributed by atoms with Crippen molar-refractivity contribution < 1.29 is 19.1 Å². The number of para-hydroxylation sites is 1. The quantitative estimate of drug-likeness (QED) is 0.101. The molecule has 0 aliphatic heterocycles. The maximum Gasteiger partial charge on any atom is 0.257 e. The molecule has 0 radical (unpaired) electrons. The van der Waals surface area contributed by atoms with Gasteiger partial charge in [0.05, 0.1) is 22.8 Å². The predicted molar refractivity (Wildman–Crippen MR) is 198 cm³/mol. The number of Topliss-reactive ketones (excluding diaryl/α,β-unsaturated/α-hetero) is 1. The van der Waals surface area contributed by atoms with Gasteiger partial charge in [0.2, 0.25) is 5.91 Å². The van der Waals surface area contributed by atoms with E-state index in [9.17, 15) is 14.4 Å². The van der Waals surface area contributed by atoms with Gasteiger partial charge in [0, 0.05) is 23.1 Å². The van der Waals surface area contributed by atoms with E-state index < -0.39 is 17.4 Å². The zero-order chi connectivity index (χ0) is 36.1. The zero-order valence-electron chi connectivity index (χ0n) is 30.2. The molecule has 0 saturated heterocycles. The SMILES string of the molecule is CCC(C)(C)c1ccc(OCCCC(=O)Nc2ccc(Cl)c(NC(=O)[C@@H](C(=O)C(C)(C)C)n3nnc4ccccc43)c2)c(C(C)(C)CC)c1. The maximum absolute atomic E-state index is 13.7. The summed E-state index contributed by atoms with van der Waals surface area (Å²) in [6.45, 7) is 19.0. The van der Waals surface area contributed by atoms with Gasteiger partial charge >= 0.3 is 0 Å². The van der Waals surface area contributed by atoms with Crippen LogP contribution in [-0.4, -0.2) is 39.2 Å². The van der Waals surface area contributed by atoms with E-state index >= 15 is 0 Å². The fourth-order valence-corrected chi connectivity index (χ4v) is 5.53. The highest BCUT2D eigenvalue weighted by Gasteiger charge is 2.38. The highest BCUT2D eigenvalue weighted by Crippen LogP contribution is 2.38. The normalized spacial score (nSPS) is 12.9. The summed E-state index contributed by atoms with van der Waals surface area (Å²) in [5.74, 6) is -0.306. The third-order valence-electron chi connectivity index (χ3n) is 9.43. The van der Waals surface area contributed by atoms with Crippen molar-refractivity contribution in [2.45, 2.75) is 105 Å². The lowest BCUT2D eigenvalue weighted by Crippen LogP contribution is -2.39. The van der Waals surface area contributed by atoms with Crippen molar-refractivity contribution in [3.63, 3.8) is 0 Å². The number of amides is 2. The van der Waals surface area contributed by atoms with E-state index in [1.54, 1.807) is 57.2 Å². The Morgan fingerprint density at radius 2 is 1.57 bits per heavy atom. The first-order valence-corrected chi connectivity index (χ1v) is 17.4. The van der Waals surface area contributed by atoms with Gasteiger partial charge in [-0.3, -0.25) is 14.4 Å². The van der Waals surface area contributed by atoms with E-state index in [1.165, 1.54) is 15.8 Å². The number of nitrogens with zero attached hydrogens (tertiary/aromatic N) is 3. The molecule has 2 N–H and O–H groups in total. The number of anilines is 2. The fraction of sp³-hybridized carbons (Fsp3) is 0.462. The summed E-state index contributed by atoms with van der Waals surface area (Å²) in [5, 5.41) is 14.2. The summed E-state index contributed by atoms with van der Waals surface area (Å²) in [7, 11) is 0. The number of nitrogens with one attached hydrogen (secondary N) is 2. The summed E-state index contributed by atoms with van der Waals surface area (Å²) in [6.07, 6.45) is 2.75. The molecule has 1 heterocycles. The van der Waals surface area contributed by atoms with Gasteiger partial charge in [-0.25, -0.2) is 4.68 Å². The summed E-state index contributed by atoms with van der Waals surface area (Å²) >= 11 is 6.47. The Balaban J connectivity index is 1.42. The standard InChI is InChI=1S/C39H50ClN5O4/c1-10-38(6,7)25-18-21-32(27(23-25)39(8,9)11-2)49-22-14-17-33(46)41-26-19-20-28(40)30(24-26)42-36(48)34(35(47)37(3,4)5)45-31-16-13-12-15-29(31)43-44-45/h12-13,15-16,18-21,23-24,34H,10-11,14,17,22H2,1-9H3,(H,41,46)(H,42,48)/t34-/m1/s1. The van der Waals surface area contributed by atoms with Gasteiger partial charge in [-0.15, -0.1) is 5.10 Å². The van der Waals surface area contributed by atoms with Crippen LogP contribution in [0.4, 0.5) is 11.4 Å². The summed E-state index contributed by atoms with van der Waals surface area (Å²) < 4.78 is 7.58. The van der Waals surface area contributed by atoms with Crippen molar-refractivity contribution in [2.75, 3.05) is 17.2 Å². The Kier molecular flexibility index (Phi) is 11.6. The van der Waals surface area contributed by atoms with Crippen LogP contribution in [0.25, 0.3) is 11.0 Å². The molecule has 0 unspecified atom stereocenters. The third-order valence-corrected chi connectivity index (χ3v) is 9.76. The molecule has 4 aromatic rings. The van der Waals surface area contributed by atoms with Gasteiger partial charge in [0.1, 0.15) is 11.3 Å². The number of aromatic nitrogens is 3. The molecule has 0 aliphatic carbocycles. The van der Waals surface area contributed by atoms with E-state index in [4.69, 9.17) is 16.3 Å². The lowest BCUT2D eigenvalue weighted by Gasteiger charge is -2.30. The Morgan fingerprint density at radius 3 is 2.24 bits per heavy atom. The molecule has 0 spiro atoms. The Hall–Kier alpha value is -4.24. The van der Waals surface area contributed by atoms with Crippen LogP contribution in [0.1, 0.15) is 105 Å². The summed E-state index contributed by atoms with van der Waals surface area (Å²) in [6, 6.07) is 17.1. The molecule has 3 aromatic carbocycles. The van der Waals surface area contributed by atoms with E-state index in [-0.39, 0.29) is 39.7 Å². The minimum atomic E-state index is -1.29. The Morgan fingerprint density at radius 1 is 0.878 bits per heavy atom. The Bertz CT molecular complexity index is 1820. The van der Waals surface area contributed by atoms with Crippen LogP contribution in [0.2, 0.25) is 5.02 Å². The monoisotopic (exact) mass is 687 g/mol. The molecule has 0 fully saturated rings. The second-order valence-corrected chi connectivity index (χ2v) is 15.3. The molecule has 49 heavy (non-hydrogen) atoms. The second kappa shape index (κ2) is 15.1. The maximum atomic E-state index is 13.7. The number of ether oxygens (including phenoxy) is 1. The predicted octanol–water partition coefficient (Wildman–Crippen LogP) is 9.05. The molecular weight excluding hydrogens is 638 g/mol. The number of rotatable bonds is 14. The van der Waals surface area contributed by atoms with Gasteiger partial charge in [-0.05, 0) is 72.1 Å². The average molecular weight is 688 g/mol. The largest absolute Gasteiger partial charge is 0.493 e. The van der Waals surface area contributed by atoms with Crippen LogP contribution in [0.15, 0.2) is 60.7 Å². The number of carbonyl (C=O) groups is 3. The number of benzene rings is 3. The van der Waals surface area contributed by atoms with Crippen molar-refractivity contribution in [3.05, 3.63) is 76.8 Å². The van der Waals surface area contributed by atoms with E-state index in [1.807, 2.05) is 6.07 Å². The van der Waals surface area contributed by atoms with Crippen LogP contribution in [0.3, 0.4) is 0 Å². The second-order valence-electron chi connectivity index (χ2n) is 14.9. The van der Waals surface area contributed by atoms with Crippen LogP contribution >= 0.6 is 11.6 Å². The van der Waals surface area contributed by atoms with Gasteiger partial charge in [0.15, 0.2) is 11.8 Å². The van der Waals surface area contributed by atoms with E-state index in [0.29, 0.717) is 29.7 Å². The van der Waals surface area contributed by atoms with Crippen molar-refractivity contribution in [3.8, 4) is 5.75 Å². The number of hydrogen-bond acceptors (Lipinski definition) is 6. The first-order chi connectivity index (χ1) is 23.0. The van der Waals surface area contributed by atoms with Gasteiger partial charge in [-0.2, -0.15) is 0 Å².